The van der Waals surface area contributed by atoms with Gasteiger partial charge in [0, 0.05) is 22.7 Å². The van der Waals surface area contributed by atoms with Gasteiger partial charge in [0.2, 0.25) is 0 Å². The summed E-state index contributed by atoms with van der Waals surface area (Å²) < 4.78 is 0.911. The maximum Gasteiger partial charge on any atom is 0.0992 e. The Labute approximate surface area is 109 Å². The second-order valence-corrected chi connectivity index (χ2v) is 5.06. The highest BCUT2D eigenvalue weighted by molar-refractivity contribution is 9.10. The van der Waals surface area contributed by atoms with Crippen molar-refractivity contribution in [1.82, 2.24) is 0 Å². The van der Waals surface area contributed by atoms with Gasteiger partial charge in [-0.3, -0.25) is 0 Å². The standard InChI is InChI=1S/C13H12BrN3/c14-11-6-10(9-16)7-13(8-11)17(5-1-4-15)12-2-3-12/h6-8,12H,1-3,5H2. The number of benzene rings is 1. The maximum absolute atomic E-state index is 8.96. The molecule has 0 N–H and O–H groups in total. The van der Waals surface area contributed by atoms with E-state index in [4.69, 9.17) is 10.5 Å². The molecular formula is C13H12BrN3. The van der Waals surface area contributed by atoms with Gasteiger partial charge < -0.3 is 4.90 Å². The van der Waals surface area contributed by atoms with E-state index in [0.717, 1.165) is 16.7 Å². The molecular weight excluding hydrogens is 278 g/mol. The minimum Gasteiger partial charge on any atom is -0.367 e. The molecule has 86 valence electrons. The fraction of sp³-hybridized carbons (Fsp3) is 0.385. The first-order chi connectivity index (χ1) is 8.24. The van der Waals surface area contributed by atoms with Crippen LogP contribution in [0, 0.1) is 22.7 Å². The van der Waals surface area contributed by atoms with Crippen LogP contribution in [0.5, 0.6) is 0 Å². The lowest BCUT2D eigenvalue weighted by Crippen LogP contribution is -2.26. The molecule has 0 atom stereocenters. The second-order valence-electron chi connectivity index (χ2n) is 4.14. The van der Waals surface area contributed by atoms with Gasteiger partial charge in [-0.25, -0.2) is 0 Å². The van der Waals surface area contributed by atoms with Crippen molar-refractivity contribution >= 4 is 21.6 Å². The average Bonchev–Trinajstić information content (AvgIpc) is 3.13. The first-order valence-corrected chi connectivity index (χ1v) is 6.38. The van der Waals surface area contributed by atoms with E-state index in [0.29, 0.717) is 18.0 Å². The van der Waals surface area contributed by atoms with Crippen molar-refractivity contribution < 1.29 is 0 Å². The minimum atomic E-state index is 0.519. The van der Waals surface area contributed by atoms with Gasteiger partial charge in [-0.05, 0) is 31.0 Å². The molecule has 0 aliphatic heterocycles. The van der Waals surface area contributed by atoms with Crippen molar-refractivity contribution in [3.63, 3.8) is 0 Å². The van der Waals surface area contributed by atoms with Crippen LogP contribution >= 0.6 is 15.9 Å². The minimum absolute atomic E-state index is 0.519. The van der Waals surface area contributed by atoms with Crippen LogP contribution < -0.4 is 4.90 Å². The van der Waals surface area contributed by atoms with E-state index < -0.39 is 0 Å². The molecule has 4 heteroatoms. The summed E-state index contributed by atoms with van der Waals surface area (Å²) in [6.45, 7) is 0.739. The molecule has 0 saturated heterocycles. The molecule has 0 amide bonds. The van der Waals surface area contributed by atoms with Crippen molar-refractivity contribution in [2.75, 3.05) is 11.4 Å². The number of rotatable bonds is 4. The van der Waals surface area contributed by atoms with Crippen molar-refractivity contribution in [2.24, 2.45) is 0 Å². The molecule has 0 heterocycles. The molecule has 3 nitrogen and oxygen atoms in total. The number of hydrogen-bond donors (Lipinski definition) is 0. The van der Waals surface area contributed by atoms with Crippen molar-refractivity contribution in [3.8, 4) is 12.1 Å². The molecule has 17 heavy (non-hydrogen) atoms. The first kappa shape index (κ1) is 12.0. The zero-order chi connectivity index (χ0) is 12.3. The lowest BCUT2D eigenvalue weighted by Gasteiger charge is -2.24. The molecule has 0 radical (unpaired) electrons. The molecule has 1 aliphatic carbocycles. The predicted octanol–water partition coefficient (Wildman–Crippen LogP) is 3.20. The summed E-state index contributed by atoms with van der Waals surface area (Å²) in [7, 11) is 0. The Morgan fingerprint density at radius 3 is 2.65 bits per heavy atom. The SMILES string of the molecule is N#CCCN(c1cc(Br)cc(C#N)c1)C1CC1. The van der Waals surface area contributed by atoms with Gasteiger partial charge in [0.25, 0.3) is 0 Å². The zero-order valence-electron chi connectivity index (χ0n) is 9.36. The van der Waals surface area contributed by atoms with Gasteiger partial charge in [0.05, 0.1) is 24.1 Å². The van der Waals surface area contributed by atoms with E-state index in [1.807, 2.05) is 12.1 Å². The summed E-state index contributed by atoms with van der Waals surface area (Å²) in [6, 6.07) is 10.6. The van der Waals surface area contributed by atoms with Gasteiger partial charge >= 0.3 is 0 Å². The van der Waals surface area contributed by atoms with E-state index in [9.17, 15) is 0 Å². The van der Waals surface area contributed by atoms with Crippen LogP contribution in [-0.2, 0) is 0 Å². The van der Waals surface area contributed by atoms with E-state index in [1.54, 1.807) is 6.07 Å². The van der Waals surface area contributed by atoms with Crippen molar-refractivity contribution in [2.45, 2.75) is 25.3 Å². The molecule has 2 rings (SSSR count). The van der Waals surface area contributed by atoms with Gasteiger partial charge in [-0.2, -0.15) is 10.5 Å². The summed E-state index contributed by atoms with van der Waals surface area (Å²) in [5.74, 6) is 0. The number of nitrogens with zero attached hydrogens (tertiary/aromatic N) is 3. The van der Waals surface area contributed by atoms with Crippen LogP contribution in [0.1, 0.15) is 24.8 Å². The Morgan fingerprint density at radius 1 is 1.29 bits per heavy atom. The average molecular weight is 290 g/mol. The van der Waals surface area contributed by atoms with Crippen LogP contribution in [0.25, 0.3) is 0 Å². The summed E-state index contributed by atoms with van der Waals surface area (Å²) in [5, 5.41) is 17.6. The summed E-state index contributed by atoms with van der Waals surface area (Å²) in [5.41, 5.74) is 1.69. The van der Waals surface area contributed by atoms with Crippen molar-refractivity contribution in [3.05, 3.63) is 28.2 Å². The smallest absolute Gasteiger partial charge is 0.0992 e. The third-order valence-electron chi connectivity index (χ3n) is 2.80. The van der Waals surface area contributed by atoms with Crippen LogP contribution in [0.4, 0.5) is 5.69 Å². The quantitative estimate of drug-likeness (QED) is 0.855. The van der Waals surface area contributed by atoms with Gasteiger partial charge in [-0.1, -0.05) is 15.9 Å². The van der Waals surface area contributed by atoms with Gasteiger partial charge in [0.1, 0.15) is 0 Å². The number of hydrogen-bond acceptors (Lipinski definition) is 3. The molecule has 1 fully saturated rings. The number of halogens is 1. The molecule has 0 spiro atoms. The van der Waals surface area contributed by atoms with Crippen LogP contribution in [0.15, 0.2) is 22.7 Å². The maximum atomic E-state index is 8.96. The number of nitriles is 2. The largest absolute Gasteiger partial charge is 0.367 e. The fourth-order valence-corrected chi connectivity index (χ4v) is 2.36. The van der Waals surface area contributed by atoms with Gasteiger partial charge in [0.15, 0.2) is 0 Å². The molecule has 0 unspecified atom stereocenters. The Kier molecular flexibility index (Phi) is 3.66. The van der Waals surface area contributed by atoms with E-state index in [2.05, 4.69) is 33.0 Å². The molecule has 0 bridgehead atoms. The van der Waals surface area contributed by atoms with Crippen LogP contribution in [0.2, 0.25) is 0 Å². The third kappa shape index (κ3) is 2.99. The summed E-state index contributed by atoms with van der Waals surface area (Å²) in [6.07, 6.45) is 2.88. The van der Waals surface area contributed by atoms with Gasteiger partial charge in [-0.15, -0.1) is 0 Å². The normalized spacial score (nSPS) is 13.8. The molecule has 1 saturated carbocycles. The topological polar surface area (TPSA) is 50.8 Å². The van der Waals surface area contributed by atoms with E-state index in [1.165, 1.54) is 12.8 Å². The second kappa shape index (κ2) is 5.21. The highest BCUT2D eigenvalue weighted by Crippen LogP contribution is 2.33. The highest BCUT2D eigenvalue weighted by atomic mass is 79.9. The monoisotopic (exact) mass is 289 g/mol. The van der Waals surface area contributed by atoms with E-state index in [-0.39, 0.29) is 0 Å². The molecule has 1 aliphatic rings. The summed E-state index contributed by atoms with van der Waals surface area (Å²) in [4.78, 5) is 2.23. The Balaban J connectivity index is 2.26. The summed E-state index contributed by atoms with van der Waals surface area (Å²) >= 11 is 3.42. The lowest BCUT2D eigenvalue weighted by molar-refractivity contribution is 0.793. The highest BCUT2D eigenvalue weighted by Gasteiger charge is 2.29. The molecule has 1 aromatic rings. The van der Waals surface area contributed by atoms with Crippen LogP contribution in [-0.4, -0.2) is 12.6 Å². The van der Waals surface area contributed by atoms with Crippen LogP contribution in [0.3, 0.4) is 0 Å². The third-order valence-corrected chi connectivity index (χ3v) is 3.25. The Hall–Kier alpha value is -1.52. The Morgan fingerprint density at radius 2 is 2.06 bits per heavy atom. The van der Waals surface area contributed by atoms with Crippen molar-refractivity contribution in [1.29, 1.82) is 10.5 Å². The predicted molar refractivity (Wildman–Crippen MR) is 69.5 cm³/mol. The molecule has 0 aromatic heterocycles. The fourth-order valence-electron chi connectivity index (χ4n) is 1.88. The first-order valence-electron chi connectivity index (χ1n) is 5.59. The Bertz CT molecular complexity index is 494. The van der Waals surface area contributed by atoms with E-state index >= 15 is 0 Å². The molecule has 1 aromatic carbocycles. The lowest BCUT2D eigenvalue weighted by atomic mass is 10.2. The number of anilines is 1. The zero-order valence-corrected chi connectivity index (χ0v) is 10.9.